The minimum Gasteiger partial charge on any atom is -0.395 e. The second kappa shape index (κ2) is 8.44. The van der Waals surface area contributed by atoms with Gasteiger partial charge in [-0.25, -0.2) is 0 Å². The Morgan fingerprint density at radius 3 is 3.00 bits per heavy atom. The van der Waals surface area contributed by atoms with Crippen LogP contribution in [0.5, 0.6) is 0 Å². The smallest absolute Gasteiger partial charge is 0.224 e. The van der Waals surface area contributed by atoms with Crippen LogP contribution < -0.4 is 0 Å². The fraction of sp³-hybridized carbons (Fsp3) is 0.917. The largest absolute Gasteiger partial charge is 0.395 e. The number of ether oxygens (including phenoxy) is 2. The lowest BCUT2D eigenvalue weighted by atomic mass is 10.2. The summed E-state index contributed by atoms with van der Waals surface area (Å²) in [7, 11) is 0. The lowest BCUT2D eigenvalue weighted by Gasteiger charge is -2.19. The van der Waals surface area contributed by atoms with E-state index in [-0.39, 0.29) is 18.6 Å². The van der Waals surface area contributed by atoms with Crippen LogP contribution in [0.4, 0.5) is 0 Å². The highest BCUT2D eigenvalue weighted by molar-refractivity contribution is 5.76. The quantitative estimate of drug-likeness (QED) is 0.629. The van der Waals surface area contributed by atoms with Crippen molar-refractivity contribution in [1.82, 2.24) is 4.90 Å². The average molecular weight is 245 g/mol. The van der Waals surface area contributed by atoms with E-state index in [0.29, 0.717) is 32.7 Å². The van der Waals surface area contributed by atoms with E-state index in [1.165, 1.54) is 0 Å². The third-order valence-corrected chi connectivity index (χ3v) is 2.89. The molecule has 1 heterocycles. The first-order valence-electron chi connectivity index (χ1n) is 6.36. The molecule has 0 saturated carbocycles. The van der Waals surface area contributed by atoms with Crippen LogP contribution in [0.25, 0.3) is 0 Å². The van der Waals surface area contributed by atoms with Gasteiger partial charge in [0.1, 0.15) is 0 Å². The number of likely N-dealkylation sites (N-methyl/N-ethyl adjacent to an activating group) is 1. The lowest BCUT2D eigenvalue weighted by Crippen LogP contribution is -2.34. The molecule has 0 aliphatic carbocycles. The predicted molar refractivity (Wildman–Crippen MR) is 63.7 cm³/mol. The molecule has 1 N–H and O–H groups in total. The number of nitrogens with zero attached hydrogens (tertiary/aromatic N) is 1. The summed E-state index contributed by atoms with van der Waals surface area (Å²) in [6.45, 7) is 4.79. The number of aliphatic hydroxyl groups excluding tert-OH is 1. The topological polar surface area (TPSA) is 59.0 Å². The Hall–Kier alpha value is -0.650. The maximum absolute atomic E-state index is 11.7. The summed E-state index contributed by atoms with van der Waals surface area (Å²) in [6, 6.07) is 0. The van der Waals surface area contributed by atoms with Crippen molar-refractivity contribution in [3.8, 4) is 0 Å². The number of hydrogen-bond acceptors (Lipinski definition) is 4. The van der Waals surface area contributed by atoms with E-state index in [4.69, 9.17) is 14.6 Å². The molecule has 0 aromatic rings. The van der Waals surface area contributed by atoms with Crippen molar-refractivity contribution in [3.63, 3.8) is 0 Å². The van der Waals surface area contributed by atoms with Gasteiger partial charge in [0.2, 0.25) is 5.91 Å². The van der Waals surface area contributed by atoms with Gasteiger partial charge in [-0.3, -0.25) is 4.79 Å². The fourth-order valence-electron chi connectivity index (χ4n) is 1.89. The summed E-state index contributed by atoms with van der Waals surface area (Å²) in [5, 5.41) is 8.79. The molecule has 0 bridgehead atoms. The molecule has 1 unspecified atom stereocenters. The summed E-state index contributed by atoms with van der Waals surface area (Å²) in [6.07, 6.45) is 2.75. The van der Waals surface area contributed by atoms with E-state index in [9.17, 15) is 4.79 Å². The van der Waals surface area contributed by atoms with Crippen LogP contribution in [-0.4, -0.2) is 61.5 Å². The van der Waals surface area contributed by atoms with Crippen LogP contribution in [0.3, 0.4) is 0 Å². The van der Waals surface area contributed by atoms with E-state index in [0.717, 1.165) is 19.4 Å². The Balaban J connectivity index is 2.05. The van der Waals surface area contributed by atoms with Crippen LogP contribution in [0.1, 0.15) is 26.2 Å². The third-order valence-electron chi connectivity index (χ3n) is 2.89. The van der Waals surface area contributed by atoms with Crippen LogP contribution in [-0.2, 0) is 14.3 Å². The first-order valence-corrected chi connectivity index (χ1v) is 6.36. The molecule has 1 amide bonds. The van der Waals surface area contributed by atoms with Gasteiger partial charge in [0.25, 0.3) is 0 Å². The number of carbonyl (C=O) groups excluding carboxylic acids is 1. The molecule has 5 nitrogen and oxygen atoms in total. The minimum absolute atomic E-state index is 0.0103. The summed E-state index contributed by atoms with van der Waals surface area (Å²) < 4.78 is 10.8. The maximum Gasteiger partial charge on any atom is 0.224 e. The van der Waals surface area contributed by atoms with Gasteiger partial charge in [-0.05, 0) is 19.8 Å². The second-order valence-corrected chi connectivity index (χ2v) is 4.16. The Bertz CT molecular complexity index is 217. The van der Waals surface area contributed by atoms with E-state index < -0.39 is 0 Å². The van der Waals surface area contributed by atoms with E-state index in [1.807, 2.05) is 6.92 Å². The molecule has 1 aliphatic heterocycles. The number of amides is 1. The highest BCUT2D eigenvalue weighted by Crippen LogP contribution is 2.11. The van der Waals surface area contributed by atoms with Gasteiger partial charge >= 0.3 is 0 Å². The number of hydrogen-bond donors (Lipinski definition) is 1. The van der Waals surface area contributed by atoms with Crippen molar-refractivity contribution in [1.29, 1.82) is 0 Å². The molecule has 1 atom stereocenters. The Morgan fingerprint density at radius 2 is 2.41 bits per heavy atom. The molecule has 1 fully saturated rings. The zero-order valence-corrected chi connectivity index (χ0v) is 10.6. The third kappa shape index (κ3) is 5.48. The number of aliphatic hydroxyl groups is 1. The van der Waals surface area contributed by atoms with Gasteiger partial charge in [0.05, 0.1) is 32.3 Å². The first kappa shape index (κ1) is 14.4. The molecule has 1 rings (SSSR count). The van der Waals surface area contributed by atoms with E-state index in [2.05, 4.69) is 0 Å². The Kier molecular flexibility index (Phi) is 7.16. The maximum atomic E-state index is 11.7. The molecule has 0 aromatic heterocycles. The summed E-state index contributed by atoms with van der Waals surface area (Å²) in [4.78, 5) is 13.3. The van der Waals surface area contributed by atoms with Crippen molar-refractivity contribution in [2.75, 3.05) is 39.5 Å². The monoisotopic (exact) mass is 245 g/mol. The van der Waals surface area contributed by atoms with Crippen LogP contribution in [0.15, 0.2) is 0 Å². The van der Waals surface area contributed by atoms with Crippen LogP contribution in [0.2, 0.25) is 0 Å². The highest BCUT2D eigenvalue weighted by Gasteiger charge is 2.16. The molecule has 1 saturated heterocycles. The molecule has 0 spiro atoms. The summed E-state index contributed by atoms with van der Waals surface area (Å²) in [5.41, 5.74) is 0. The number of carbonyl (C=O) groups is 1. The molecule has 1 aliphatic rings. The molecular weight excluding hydrogens is 222 g/mol. The predicted octanol–water partition coefficient (Wildman–Crippen LogP) is 0.413. The summed E-state index contributed by atoms with van der Waals surface area (Å²) >= 11 is 0. The van der Waals surface area contributed by atoms with Crippen molar-refractivity contribution < 1.29 is 19.4 Å². The normalized spacial score (nSPS) is 19.5. The molecule has 17 heavy (non-hydrogen) atoms. The van der Waals surface area contributed by atoms with Gasteiger partial charge in [0, 0.05) is 19.7 Å². The highest BCUT2D eigenvalue weighted by atomic mass is 16.5. The van der Waals surface area contributed by atoms with Crippen molar-refractivity contribution >= 4 is 5.91 Å². The van der Waals surface area contributed by atoms with Gasteiger partial charge < -0.3 is 19.5 Å². The van der Waals surface area contributed by atoms with E-state index >= 15 is 0 Å². The first-order chi connectivity index (χ1) is 8.27. The van der Waals surface area contributed by atoms with Crippen molar-refractivity contribution in [3.05, 3.63) is 0 Å². The molecule has 5 heteroatoms. The van der Waals surface area contributed by atoms with E-state index in [1.54, 1.807) is 4.90 Å². The SMILES string of the molecule is CCN(CCO)C(=O)CCOCC1CCCO1. The zero-order valence-electron chi connectivity index (χ0n) is 10.6. The molecule has 0 aromatic carbocycles. The van der Waals surface area contributed by atoms with Crippen LogP contribution in [0, 0.1) is 0 Å². The lowest BCUT2D eigenvalue weighted by molar-refractivity contribution is -0.132. The molecule has 100 valence electrons. The van der Waals surface area contributed by atoms with Crippen molar-refractivity contribution in [2.45, 2.75) is 32.3 Å². The summed E-state index contributed by atoms with van der Waals surface area (Å²) in [5.74, 6) is 0.0360. The second-order valence-electron chi connectivity index (χ2n) is 4.16. The fourth-order valence-corrected chi connectivity index (χ4v) is 1.89. The van der Waals surface area contributed by atoms with Crippen LogP contribution >= 0.6 is 0 Å². The minimum atomic E-state index is 0.0103. The van der Waals surface area contributed by atoms with Crippen molar-refractivity contribution in [2.24, 2.45) is 0 Å². The number of rotatable bonds is 8. The standard InChI is InChI=1S/C12H23NO4/c1-2-13(6-7-14)12(15)5-9-16-10-11-4-3-8-17-11/h11,14H,2-10H2,1H3. The van der Waals surface area contributed by atoms with Gasteiger partial charge in [0.15, 0.2) is 0 Å². The average Bonchev–Trinajstić information content (AvgIpc) is 2.84. The Morgan fingerprint density at radius 1 is 1.59 bits per heavy atom. The van der Waals surface area contributed by atoms with Gasteiger partial charge in [-0.2, -0.15) is 0 Å². The zero-order chi connectivity index (χ0) is 12.5. The van der Waals surface area contributed by atoms with Gasteiger partial charge in [-0.15, -0.1) is 0 Å². The molecule has 0 radical (unpaired) electrons. The Labute approximate surface area is 103 Å². The van der Waals surface area contributed by atoms with Gasteiger partial charge in [-0.1, -0.05) is 0 Å². The molecular formula is C12H23NO4.